The van der Waals surface area contributed by atoms with Crippen molar-refractivity contribution in [3.05, 3.63) is 0 Å². The van der Waals surface area contributed by atoms with Crippen molar-refractivity contribution in [2.45, 2.75) is 24.9 Å². The van der Waals surface area contributed by atoms with Crippen molar-refractivity contribution in [2.24, 2.45) is 5.92 Å². The lowest BCUT2D eigenvalue weighted by Crippen LogP contribution is -2.60. The molecule has 22 heavy (non-hydrogen) atoms. The quantitative estimate of drug-likeness (QED) is 0.734. The first-order valence-corrected chi connectivity index (χ1v) is 8.41. The molecule has 2 saturated heterocycles. The lowest BCUT2D eigenvalue weighted by atomic mass is 10.0. The summed E-state index contributed by atoms with van der Waals surface area (Å²) in [7, 11) is 1.72. The molecular formula is C16H28N2O4. The Morgan fingerprint density at radius 2 is 2.14 bits per heavy atom. The highest BCUT2D eigenvalue weighted by atomic mass is 16.5. The van der Waals surface area contributed by atoms with Gasteiger partial charge in [0, 0.05) is 39.7 Å². The van der Waals surface area contributed by atoms with Crippen LogP contribution in [0.15, 0.2) is 0 Å². The van der Waals surface area contributed by atoms with Crippen molar-refractivity contribution in [3.8, 4) is 0 Å². The van der Waals surface area contributed by atoms with E-state index in [1.165, 1.54) is 12.8 Å². The van der Waals surface area contributed by atoms with E-state index < -0.39 is 0 Å². The van der Waals surface area contributed by atoms with Crippen molar-refractivity contribution >= 4 is 5.91 Å². The standard InChI is InChI=1S/C16H28N2O4/c1-20-7-4-17-5-8-21-13-16(11-17)12-18(6-9-22-16)15(19)10-14-2-3-14/h14H,2-13H2,1H3/t16-/m1/s1. The molecule has 6 nitrogen and oxygen atoms in total. The smallest absolute Gasteiger partial charge is 0.223 e. The molecule has 0 aromatic heterocycles. The van der Waals surface area contributed by atoms with Gasteiger partial charge < -0.3 is 19.1 Å². The van der Waals surface area contributed by atoms with E-state index in [1.54, 1.807) is 7.11 Å². The zero-order valence-corrected chi connectivity index (χ0v) is 13.6. The average molecular weight is 312 g/mol. The van der Waals surface area contributed by atoms with Crippen molar-refractivity contribution in [3.63, 3.8) is 0 Å². The number of methoxy groups -OCH3 is 1. The van der Waals surface area contributed by atoms with Crippen LogP contribution in [-0.4, -0.2) is 87.6 Å². The molecule has 1 spiro atoms. The third kappa shape index (κ3) is 4.19. The zero-order valence-electron chi connectivity index (χ0n) is 13.6. The molecule has 0 aromatic rings. The van der Waals surface area contributed by atoms with Gasteiger partial charge in [0.05, 0.1) is 33.0 Å². The molecule has 1 amide bonds. The summed E-state index contributed by atoms with van der Waals surface area (Å²) in [5.74, 6) is 0.924. The van der Waals surface area contributed by atoms with Gasteiger partial charge in [0.2, 0.25) is 5.91 Å². The van der Waals surface area contributed by atoms with Crippen LogP contribution in [0.2, 0.25) is 0 Å². The van der Waals surface area contributed by atoms with E-state index in [1.807, 2.05) is 4.90 Å². The summed E-state index contributed by atoms with van der Waals surface area (Å²) in [5, 5.41) is 0. The predicted molar refractivity (Wildman–Crippen MR) is 81.7 cm³/mol. The second-order valence-corrected chi connectivity index (χ2v) is 6.82. The highest BCUT2D eigenvalue weighted by Crippen LogP contribution is 2.33. The molecule has 6 heteroatoms. The van der Waals surface area contributed by atoms with Crippen LogP contribution in [0.3, 0.4) is 0 Å². The Hall–Kier alpha value is -0.690. The minimum absolute atomic E-state index is 0.290. The number of ether oxygens (including phenoxy) is 3. The van der Waals surface area contributed by atoms with E-state index in [-0.39, 0.29) is 11.5 Å². The van der Waals surface area contributed by atoms with Gasteiger partial charge in [0.1, 0.15) is 5.60 Å². The van der Waals surface area contributed by atoms with E-state index in [9.17, 15) is 4.79 Å². The fraction of sp³-hybridized carbons (Fsp3) is 0.938. The molecule has 2 aliphatic heterocycles. The van der Waals surface area contributed by atoms with Crippen LogP contribution in [0.1, 0.15) is 19.3 Å². The maximum Gasteiger partial charge on any atom is 0.223 e. The van der Waals surface area contributed by atoms with Gasteiger partial charge in [-0.2, -0.15) is 0 Å². The first-order chi connectivity index (χ1) is 10.7. The molecule has 3 rings (SSSR count). The maximum atomic E-state index is 12.4. The zero-order chi connectivity index (χ0) is 15.4. The summed E-state index contributed by atoms with van der Waals surface area (Å²) in [6, 6.07) is 0. The second-order valence-electron chi connectivity index (χ2n) is 6.82. The average Bonchev–Trinajstić information content (AvgIpc) is 3.34. The molecular weight excluding hydrogens is 284 g/mol. The normalized spacial score (nSPS) is 30.5. The summed E-state index contributed by atoms with van der Waals surface area (Å²) >= 11 is 0. The van der Waals surface area contributed by atoms with Gasteiger partial charge in [-0.05, 0) is 18.8 Å². The van der Waals surface area contributed by atoms with E-state index in [4.69, 9.17) is 14.2 Å². The van der Waals surface area contributed by atoms with E-state index in [0.717, 1.165) is 19.6 Å². The lowest BCUT2D eigenvalue weighted by molar-refractivity contribution is -0.162. The Kier molecular flexibility index (Phi) is 5.33. The van der Waals surface area contributed by atoms with Gasteiger partial charge >= 0.3 is 0 Å². The van der Waals surface area contributed by atoms with Gasteiger partial charge in [0.15, 0.2) is 0 Å². The van der Waals surface area contributed by atoms with Gasteiger partial charge in [-0.15, -0.1) is 0 Å². The highest BCUT2D eigenvalue weighted by Gasteiger charge is 2.42. The SMILES string of the molecule is COCCN1CCOC[C@@]2(C1)CN(C(=O)CC1CC1)CCO2. The first-order valence-electron chi connectivity index (χ1n) is 8.41. The number of carbonyl (C=O) groups excluding carboxylic acids is 1. The lowest BCUT2D eigenvalue weighted by Gasteiger charge is -2.43. The number of rotatable bonds is 5. The minimum atomic E-state index is -0.373. The summed E-state index contributed by atoms with van der Waals surface area (Å²) in [6.45, 7) is 6.55. The number of amides is 1. The van der Waals surface area contributed by atoms with Crippen LogP contribution in [-0.2, 0) is 19.0 Å². The molecule has 3 fully saturated rings. The van der Waals surface area contributed by atoms with Crippen LogP contribution in [0.4, 0.5) is 0 Å². The van der Waals surface area contributed by atoms with Crippen LogP contribution in [0, 0.1) is 5.92 Å². The molecule has 1 atom stereocenters. The van der Waals surface area contributed by atoms with Crippen molar-refractivity contribution < 1.29 is 19.0 Å². The third-order valence-corrected chi connectivity index (χ3v) is 4.80. The van der Waals surface area contributed by atoms with Gasteiger partial charge in [-0.25, -0.2) is 0 Å². The number of hydrogen-bond acceptors (Lipinski definition) is 5. The summed E-state index contributed by atoms with van der Waals surface area (Å²) in [4.78, 5) is 16.7. The molecule has 0 unspecified atom stereocenters. The number of carbonyl (C=O) groups is 1. The molecule has 1 aliphatic carbocycles. The monoisotopic (exact) mass is 312 g/mol. The number of hydrogen-bond donors (Lipinski definition) is 0. The molecule has 1 saturated carbocycles. The Bertz CT molecular complexity index is 388. The molecule has 2 heterocycles. The minimum Gasteiger partial charge on any atom is -0.383 e. The van der Waals surface area contributed by atoms with E-state index in [2.05, 4.69) is 4.90 Å². The molecule has 0 radical (unpaired) electrons. The number of morpholine rings is 1. The fourth-order valence-electron chi connectivity index (χ4n) is 3.33. The molecule has 0 N–H and O–H groups in total. The van der Waals surface area contributed by atoms with Gasteiger partial charge in [-0.3, -0.25) is 9.69 Å². The topological polar surface area (TPSA) is 51.2 Å². The van der Waals surface area contributed by atoms with Crippen LogP contribution in [0.25, 0.3) is 0 Å². The van der Waals surface area contributed by atoms with Crippen molar-refractivity contribution in [2.75, 3.05) is 66.3 Å². The van der Waals surface area contributed by atoms with Gasteiger partial charge in [-0.1, -0.05) is 0 Å². The first kappa shape index (κ1) is 16.2. The van der Waals surface area contributed by atoms with Crippen LogP contribution in [0.5, 0.6) is 0 Å². The summed E-state index contributed by atoms with van der Waals surface area (Å²) in [6.07, 6.45) is 3.15. The second kappa shape index (κ2) is 7.25. The molecule has 0 bridgehead atoms. The molecule has 3 aliphatic rings. The fourth-order valence-corrected chi connectivity index (χ4v) is 3.33. The third-order valence-electron chi connectivity index (χ3n) is 4.80. The van der Waals surface area contributed by atoms with Crippen LogP contribution >= 0.6 is 0 Å². The maximum absolute atomic E-state index is 12.4. The molecule has 126 valence electrons. The Morgan fingerprint density at radius 1 is 1.27 bits per heavy atom. The molecule has 0 aromatic carbocycles. The van der Waals surface area contributed by atoms with Crippen LogP contribution < -0.4 is 0 Å². The highest BCUT2D eigenvalue weighted by molar-refractivity contribution is 5.77. The largest absolute Gasteiger partial charge is 0.383 e. The van der Waals surface area contributed by atoms with Gasteiger partial charge in [0.25, 0.3) is 0 Å². The van der Waals surface area contributed by atoms with Crippen molar-refractivity contribution in [1.82, 2.24) is 9.80 Å². The Labute approximate surface area is 132 Å². The van der Waals surface area contributed by atoms with Crippen molar-refractivity contribution in [1.29, 1.82) is 0 Å². The van der Waals surface area contributed by atoms with E-state index in [0.29, 0.717) is 51.9 Å². The Balaban J connectivity index is 1.60. The van der Waals surface area contributed by atoms with E-state index >= 15 is 0 Å². The summed E-state index contributed by atoms with van der Waals surface area (Å²) in [5.41, 5.74) is -0.373. The summed E-state index contributed by atoms with van der Waals surface area (Å²) < 4.78 is 17.1. The Morgan fingerprint density at radius 3 is 2.91 bits per heavy atom. The number of nitrogens with zero attached hydrogens (tertiary/aromatic N) is 2. The predicted octanol–water partition coefficient (Wildman–Crippen LogP) is 0.363.